The van der Waals surface area contributed by atoms with Crippen LogP contribution in [0.1, 0.15) is 21.5 Å². The van der Waals surface area contributed by atoms with Crippen molar-refractivity contribution in [3.05, 3.63) is 89.6 Å². The molecule has 0 bridgehead atoms. The maximum atomic E-state index is 12.3. The molecule has 4 rings (SSSR count). The number of hydrogen-bond acceptors (Lipinski definition) is 5. The third kappa shape index (κ3) is 5.29. The number of amides is 1. The van der Waals surface area contributed by atoms with Crippen LogP contribution in [0.15, 0.2) is 78.0 Å². The number of phenols is 1. The minimum absolute atomic E-state index is 0.0882. The molecular weight excluding hydrogens is 449 g/mol. The number of hydrazone groups is 1. The van der Waals surface area contributed by atoms with Gasteiger partial charge in [0.05, 0.1) is 11.9 Å². The Kier molecular flexibility index (Phi) is 6.13. The smallest absolute Gasteiger partial charge is 0.506 e. The number of nitrogen functional groups attached to an aromatic ring is 1. The molecule has 7 nitrogen and oxygen atoms in total. The van der Waals surface area contributed by atoms with Gasteiger partial charge < -0.3 is 20.1 Å². The fourth-order valence-electron chi connectivity index (χ4n) is 3.41. The molecule has 0 aliphatic carbocycles. The van der Waals surface area contributed by atoms with Crippen LogP contribution in [0.2, 0.25) is 0 Å². The highest BCUT2D eigenvalue weighted by Gasteiger charge is 2.30. The van der Waals surface area contributed by atoms with Gasteiger partial charge in [-0.2, -0.15) is 5.10 Å². The standard InChI is InChI=1S/C24H19F3N4O3/c25-24(26,27)34-18-7-4-15(5-8-18)14-31-11-10-19-17(2-1-3-21(19)31)13-29-30-23(33)16-6-9-22(32)20(28)12-16/h1-13,32H,14,28H2,(H,30,33)/b29-13+. The Morgan fingerprint density at radius 1 is 1.12 bits per heavy atom. The summed E-state index contributed by atoms with van der Waals surface area (Å²) < 4.78 is 42.9. The molecule has 0 aliphatic heterocycles. The molecule has 1 heterocycles. The highest BCUT2D eigenvalue weighted by atomic mass is 19.4. The molecule has 4 aromatic rings. The predicted octanol–water partition coefficient (Wildman–Crippen LogP) is 4.64. The highest BCUT2D eigenvalue weighted by Crippen LogP contribution is 2.25. The first-order valence-corrected chi connectivity index (χ1v) is 10.0. The van der Waals surface area contributed by atoms with Gasteiger partial charge in [-0.3, -0.25) is 4.79 Å². The van der Waals surface area contributed by atoms with Gasteiger partial charge in [0.25, 0.3) is 5.91 Å². The molecule has 1 aromatic heterocycles. The van der Waals surface area contributed by atoms with Crippen molar-refractivity contribution in [2.45, 2.75) is 12.9 Å². The summed E-state index contributed by atoms with van der Waals surface area (Å²) in [6.45, 7) is 0.440. The van der Waals surface area contributed by atoms with Gasteiger partial charge in [0.1, 0.15) is 11.5 Å². The van der Waals surface area contributed by atoms with E-state index in [0.717, 1.165) is 22.0 Å². The Balaban J connectivity index is 1.47. The number of rotatable bonds is 6. The number of aromatic hydroxyl groups is 1. The number of halogens is 3. The second-order valence-electron chi connectivity index (χ2n) is 7.39. The van der Waals surface area contributed by atoms with Crippen LogP contribution in [0.25, 0.3) is 10.9 Å². The summed E-state index contributed by atoms with van der Waals surface area (Å²) in [5.41, 5.74) is 10.8. The number of carbonyl (C=O) groups excluding carboxylic acids is 1. The number of carbonyl (C=O) groups is 1. The first-order chi connectivity index (χ1) is 16.2. The lowest BCUT2D eigenvalue weighted by molar-refractivity contribution is -0.274. The Bertz CT molecular complexity index is 1360. The SMILES string of the molecule is Nc1cc(C(=O)N/N=C/c2cccc3c2ccn3Cc2ccc(OC(F)(F)F)cc2)ccc1O. The van der Waals surface area contributed by atoms with Gasteiger partial charge in [0, 0.05) is 34.8 Å². The first kappa shape index (κ1) is 22.7. The Morgan fingerprint density at radius 3 is 2.59 bits per heavy atom. The normalized spacial score (nSPS) is 11.7. The van der Waals surface area contributed by atoms with Crippen molar-refractivity contribution < 1.29 is 27.8 Å². The van der Waals surface area contributed by atoms with Gasteiger partial charge in [0.15, 0.2) is 0 Å². The third-order valence-electron chi connectivity index (χ3n) is 5.02. The van der Waals surface area contributed by atoms with Crippen molar-refractivity contribution >= 4 is 28.7 Å². The van der Waals surface area contributed by atoms with Gasteiger partial charge in [-0.25, -0.2) is 5.43 Å². The number of phenolic OH excluding ortho intramolecular Hbond substituents is 1. The van der Waals surface area contributed by atoms with E-state index in [-0.39, 0.29) is 22.7 Å². The summed E-state index contributed by atoms with van der Waals surface area (Å²) in [5.74, 6) is -0.864. The van der Waals surface area contributed by atoms with E-state index in [4.69, 9.17) is 5.73 Å². The molecule has 0 unspecified atom stereocenters. The van der Waals surface area contributed by atoms with Crippen LogP contribution in [-0.2, 0) is 6.54 Å². The van der Waals surface area contributed by atoms with Crippen LogP contribution in [-0.4, -0.2) is 28.2 Å². The Hall–Kier alpha value is -4.47. The third-order valence-corrected chi connectivity index (χ3v) is 5.02. The fourth-order valence-corrected chi connectivity index (χ4v) is 3.41. The molecule has 0 spiro atoms. The van der Waals surface area contributed by atoms with E-state index in [1.807, 2.05) is 35.0 Å². The largest absolute Gasteiger partial charge is 0.573 e. The molecule has 174 valence electrons. The van der Waals surface area contributed by atoms with E-state index < -0.39 is 12.3 Å². The van der Waals surface area contributed by atoms with Crippen molar-refractivity contribution in [3.63, 3.8) is 0 Å². The number of aromatic nitrogens is 1. The number of fused-ring (bicyclic) bond motifs is 1. The monoisotopic (exact) mass is 468 g/mol. The van der Waals surface area contributed by atoms with Gasteiger partial charge in [-0.15, -0.1) is 13.2 Å². The lowest BCUT2D eigenvalue weighted by Gasteiger charge is -2.10. The zero-order valence-electron chi connectivity index (χ0n) is 17.6. The van der Waals surface area contributed by atoms with Crippen LogP contribution in [0.4, 0.5) is 18.9 Å². The molecule has 4 N–H and O–H groups in total. The molecule has 0 saturated heterocycles. The number of benzene rings is 3. The topological polar surface area (TPSA) is 102 Å². The second-order valence-corrected chi connectivity index (χ2v) is 7.39. The Labute approximate surface area is 191 Å². The summed E-state index contributed by atoms with van der Waals surface area (Å²) in [4.78, 5) is 12.2. The summed E-state index contributed by atoms with van der Waals surface area (Å²) in [6, 6.07) is 17.3. The number of nitrogens with one attached hydrogen (secondary N) is 1. The van der Waals surface area contributed by atoms with Crippen molar-refractivity contribution in [2.24, 2.45) is 5.10 Å². The van der Waals surface area contributed by atoms with E-state index in [1.165, 1.54) is 36.5 Å². The number of nitrogens with two attached hydrogens (primary N) is 1. The maximum Gasteiger partial charge on any atom is 0.573 e. The van der Waals surface area contributed by atoms with Gasteiger partial charge in [-0.1, -0.05) is 24.3 Å². The quantitative estimate of drug-likeness (QED) is 0.166. The van der Waals surface area contributed by atoms with E-state index in [1.54, 1.807) is 12.1 Å². The van der Waals surface area contributed by atoms with E-state index >= 15 is 0 Å². The molecule has 10 heteroatoms. The number of hydrogen-bond donors (Lipinski definition) is 3. The fraction of sp³-hybridized carbons (Fsp3) is 0.0833. The van der Waals surface area contributed by atoms with Crippen LogP contribution in [0, 0.1) is 0 Å². The lowest BCUT2D eigenvalue weighted by atomic mass is 10.1. The summed E-state index contributed by atoms with van der Waals surface area (Å²) >= 11 is 0. The molecule has 0 fully saturated rings. The molecule has 1 amide bonds. The minimum Gasteiger partial charge on any atom is -0.506 e. The van der Waals surface area contributed by atoms with Crippen molar-refractivity contribution in [3.8, 4) is 11.5 Å². The van der Waals surface area contributed by atoms with Gasteiger partial charge in [0.2, 0.25) is 0 Å². The molecule has 0 saturated carbocycles. The molecule has 0 radical (unpaired) electrons. The molecule has 3 aromatic carbocycles. The summed E-state index contributed by atoms with van der Waals surface area (Å²) in [6.07, 6.45) is -1.36. The van der Waals surface area contributed by atoms with Crippen LogP contribution in [0.5, 0.6) is 11.5 Å². The number of alkyl halides is 3. The molecule has 34 heavy (non-hydrogen) atoms. The molecule has 0 atom stereocenters. The van der Waals surface area contributed by atoms with E-state index in [9.17, 15) is 23.1 Å². The zero-order chi connectivity index (χ0) is 24.3. The summed E-state index contributed by atoms with van der Waals surface area (Å²) in [7, 11) is 0. The summed E-state index contributed by atoms with van der Waals surface area (Å²) in [5, 5.41) is 14.4. The van der Waals surface area contributed by atoms with Crippen molar-refractivity contribution in [1.82, 2.24) is 9.99 Å². The average Bonchev–Trinajstić information content (AvgIpc) is 3.19. The van der Waals surface area contributed by atoms with Crippen LogP contribution in [0.3, 0.4) is 0 Å². The minimum atomic E-state index is -4.73. The van der Waals surface area contributed by atoms with Crippen LogP contribution < -0.4 is 15.9 Å². The van der Waals surface area contributed by atoms with E-state index in [2.05, 4.69) is 15.3 Å². The Morgan fingerprint density at radius 2 is 1.88 bits per heavy atom. The van der Waals surface area contributed by atoms with Gasteiger partial charge >= 0.3 is 6.36 Å². The average molecular weight is 468 g/mol. The maximum absolute atomic E-state index is 12.3. The van der Waals surface area contributed by atoms with Crippen LogP contribution >= 0.6 is 0 Å². The first-order valence-electron chi connectivity index (χ1n) is 10.0. The zero-order valence-corrected chi connectivity index (χ0v) is 17.6. The second kappa shape index (κ2) is 9.18. The number of ether oxygens (including phenoxy) is 1. The molecule has 0 aliphatic rings. The van der Waals surface area contributed by atoms with Gasteiger partial charge in [-0.05, 0) is 48.0 Å². The van der Waals surface area contributed by atoms with Crippen molar-refractivity contribution in [1.29, 1.82) is 0 Å². The molecular formula is C24H19F3N4O3. The van der Waals surface area contributed by atoms with E-state index in [0.29, 0.717) is 6.54 Å². The van der Waals surface area contributed by atoms with Crippen molar-refractivity contribution in [2.75, 3.05) is 5.73 Å². The number of anilines is 1. The predicted molar refractivity (Wildman–Crippen MR) is 122 cm³/mol. The lowest BCUT2D eigenvalue weighted by Crippen LogP contribution is -2.17. The highest BCUT2D eigenvalue weighted by molar-refractivity contribution is 6.00. The number of nitrogens with zero attached hydrogens (tertiary/aromatic N) is 2.